The Morgan fingerprint density at radius 3 is 2.17 bits per heavy atom. The van der Waals surface area contributed by atoms with E-state index >= 15 is 0 Å². The van der Waals surface area contributed by atoms with Crippen LogP contribution in [0.25, 0.3) is 0 Å². The second kappa shape index (κ2) is 8.11. The average molecular weight is 325 g/mol. The first-order valence-corrected chi connectivity index (χ1v) is 8.90. The van der Waals surface area contributed by atoms with E-state index < -0.39 is 0 Å². The summed E-state index contributed by atoms with van der Waals surface area (Å²) in [7, 11) is 0. The van der Waals surface area contributed by atoms with Crippen LogP contribution in [-0.4, -0.2) is 54.4 Å². The number of aromatic nitrogens is 2. The van der Waals surface area contributed by atoms with Gasteiger partial charge in [-0.3, -0.25) is 4.90 Å². The highest BCUT2D eigenvalue weighted by Crippen LogP contribution is 2.17. The molecule has 0 aliphatic carbocycles. The first-order valence-electron chi connectivity index (χ1n) is 8.90. The summed E-state index contributed by atoms with van der Waals surface area (Å²) in [6.45, 7) is 11.4. The summed E-state index contributed by atoms with van der Waals surface area (Å²) >= 11 is 0. The predicted molar refractivity (Wildman–Crippen MR) is 99.5 cm³/mol. The van der Waals surface area contributed by atoms with E-state index in [0.717, 1.165) is 57.4 Å². The van der Waals surface area contributed by atoms with Crippen molar-refractivity contribution in [1.82, 2.24) is 15.1 Å². The molecule has 0 atom stereocenters. The second-order valence-corrected chi connectivity index (χ2v) is 6.17. The lowest BCUT2D eigenvalue weighted by atomic mass is 10.2. The molecule has 24 heavy (non-hydrogen) atoms. The molecule has 1 aliphatic heterocycles. The third kappa shape index (κ3) is 4.03. The van der Waals surface area contributed by atoms with Gasteiger partial charge in [0.2, 0.25) is 0 Å². The molecule has 5 heteroatoms. The predicted octanol–water partition coefficient (Wildman–Crippen LogP) is 2.65. The minimum atomic E-state index is 0.961. The molecule has 0 spiro atoms. The van der Waals surface area contributed by atoms with Crippen molar-refractivity contribution in [3.63, 3.8) is 0 Å². The molecular weight excluding hydrogens is 298 g/mol. The standard InChI is InChI=1S/C19H27N5/c1-3-23(4-2)18-10-11-19(21-20-18)24-14-12-22(13-15-24)16-17-8-6-5-7-9-17/h5-11H,3-4,12-16H2,1-2H3. The van der Waals surface area contributed by atoms with Gasteiger partial charge in [0.15, 0.2) is 11.6 Å². The minimum Gasteiger partial charge on any atom is -0.356 e. The quantitative estimate of drug-likeness (QED) is 0.816. The van der Waals surface area contributed by atoms with Crippen LogP contribution in [0.3, 0.4) is 0 Å². The van der Waals surface area contributed by atoms with E-state index in [1.165, 1.54) is 5.56 Å². The van der Waals surface area contributed by atoms with Gasteiger partial charge in [-0.25, -0.2) is 0 Å². The van der Waals surface area contributed by atoms with E-state index in [1.807, 2.05) is 0 Å². The zero-order valence-electron chi connectivity index (χ0n) is 14.7. The van der Waals surface area contributed by atoms with Crippen LogP contribution in [0.4, 0.5) is 11.6 Å². The van der Waals surface area contributed by atoms with Gasteiger partial charge in [-0.2, -0.15) is 0 Å². The Morgan fingerprint density at radius 2 is 1.58 bits per heavy atom. The van der Waals surface area contributed by atoms with Crippen molar-refractivity contribution in [3.8, 4) is 0 Å². The Morgan fingerprint density at radius 1 is 0.875 bits per heavy atom. The van der Waals surface area contributed by atoms with Crippen molar-refractivity contribution in [2.45, 2.75) is 20.4 Å². The molecule has 128 valence electrons. The average Bonchev–Trinajstić information content (AvgIpc) is 2.65. The summed E-state index contributed by atoms with van der Waals surface area (Å²) in [4.78, 5) is 7.05. The van der Waals surface area contributed by atoms with Gasteiger partial charge >= 0.3 is 0 Å². The molecule has 5 nitrogen and oxygen atoms in total. The van der Waals surface area contributed by atoms with Gasteiger partial charge in [0.05, 0.1) is 0 Å². The fraction of sp³-hybridized carbons (Fsp3) is 0.474. The molecule has 2 heterocycles. The van der Waals surface area contributed by atoms with Crippen LogP contribution < -0.4 is 9.80 Å². The van der Waals surface area contributed by atoms with E-state index in [9.17, 15) is 0 Å². The lowest BCUT2D eigenvalue weighted by molar-refractivity contribution is 0.249. The Balaban J connectivity index is 1.54. The number of benzene rings is 1. The van der Waals surface area contributed by atoms with E-state index in [-0.39, 0.29) is 0 Å². The summed E-state index contributed by atoms with van der Waals surface area (Å²) in [6.07, 6.45) is 0. The third-order valence-corrected chi connectivity index (χ3v) is 4.67. The number of piperazine rings is 1. The SMILES string of the molecule is CCN(CC)c1ccc(N2CCN(Cc3ccccc3)CC2)nn1. The Labute approximate surface area is 144 Å². The van der Waals surface area contributed by atoms with Crippen LogP contribution in [-0.2, 0) is 6.54 Å². The molecule has 0 radical (unpaired) electrons. The van der Waals surface area contributed by atoms with Crippen molar-refractivity contribution in [3.05, 3.63) is 48.0 Å². The summed E-state index contributed by atoms with van der Waals surface area (Å²) in [5.74, 6) is 1.96. The van der Waals surface area contributed by atoms with Crippen LogP contribution >= 0.6 is 0 Å². The normalized spacial score (nSPS) is 15.5. The van der Waals surface area contributed by atoms with Crippen LogP contribution in [0, 0.1) is 0 Å². The monoisotopic (exact) mass is 325 g/mol. The largest absolute Gasteiger partial charge is 0.356 e. The summed E-state index contributed by atoms with van der Waals surface area (Å²) in [5, 5.41) is 8.85. The zero-order chi connectivity index (χ0) is 16.8. The van der Waals surface area contributed by atoms with E-state index in [0.29, 0.717) is 0 Å². The van der Waals surface area contributed by atoms with Crippen LogP contribution in [0.5, 0.6) is 0 Å². The highest BCUT2D eigenvalue weighted by Gasteiger charge is 2.18. The van der Waals surface area contributed by atoms with Gasteiger partial charge < -0.3 is 9.80 Å². The molecule has 2 aromatic rings. The first kappa shape index (κ1) is 16.7. The minimum absolute atomic E-state index is 0.961. The Hall–Kier alpha value is -2.14. The van der Waals surface area contributed by atoms with Gasteiger partial charge in [-0.05, 0) is 31.5 Å². The molecule has 1 fully saturated rings. The molecule has 1 saturated heterocycles. The van der Waals surface area contributed by atoms with E-state index in [2.05, 4.69) is 81.2 Å². The second-order valence-electron chi connectivity index (χ2n) is 6.17. The highest BCUT2D eigenvalue weighted by molar-refractivity contribution is 5.45. The maximum absolute atomic E-state index is 4.44. The van der Waals surface area contributed by atoms with Crippen molar-refractivity contribution < 1.29 is 0 Å². The number of hydrogen-bond acceptors (Lipinski definition) is 5. The lowest BCUT2D eigenvalue weighted by Gasteiger charge is -2.35. The molecule has 0 unspecified atom stereocenters. The molecule has 0 amide bonds. The molecule has 1 aromatic heterocycles. The van der Waals surface area contributed by atoms with Gasteiger partial charge in [0.1, 0.15) is 0 Å². The van der Waals surface area contributed by atoms with Gasteiger partial charge in [-0.1, -0.05) is 30.3 Å². The molecular formula is C19H27N5. The summed E-state index contributed by atoms with van der Waals surface area (Å²) < 4.78 is 0. The number of rotatable bonds is 6. The maximum Gasteiger partial charge on any atom is 0.151 e. The van der Waals surface area contributed by atoms with Crippen LogP contribution in [0.1, 0.15) is 19.4 Å². The Bertz CT molecular complexity index is 601. The van der Waals surface area contributed by atoms with E-state index in [1.54, 1.807) is 0 Å². The van der Waals surface area contributed by atoms with Crippen molar-refractivity contribution in [2.24, 2.45) is 0 Å². The first-order chi connectivity index (χ1) is 11.8. The summed E-state index contributed by atoms with van der Waals surface area (Å²) in [5.41, 5.74) is 1.38. The van der Waals surface area contributed by atoms with Crippen molar-refractivity contribution in [2.75, 3.05) is 49.1 Å². The van der Waals surface area contributed by atoms with Gasteiger partial charge in [-0.15, -0.1) is 10.2 Å². The molecule has 3 rings (SSSR count). The van der Waals surface area contributed by atoms with Gasteiger partial charge in [0, 0.05) is 45.8 Å². The van der Waals surface area contributed by atoms with Crippen LogP contribution in [0.15, 0.2) is 42.5 Å². The van der Waals surface area contributed by atoms with Gasteiger partial charge in [0.25, 0.3) is 0 Å². The number of anilines is 2. The molecule has 0 saturated carbocycles. The fourth-order valence-electron chi connectivity index (χ4n) is 3.18. The van der Waals surface area contributed by atoms with E-state index in [4.69, 9.17) is 0 Å². The number of hydrogen-bond donors (Lipinski definition) is 0. The zero-order valence-corrected chi connectivity index (χ0v) is 14.7. The Kier molecular flexibility index (Phi) is 5.64. The molecule has 0 bridgehead atoms. The van der Waals surface area contributed by atoms with Crippen molar-refractivity contribution in [1.29, 1.82) is 0 Å². The smallest absolute Gasteiger partial charge is 0.151 e. The lowest BCUT2D eigenvalue weighted by Crippen LogP contribution is -2.46. The maximum atomic E-state index is 4.44. The van der Waals surface area contributed by atoms with Crippen molar-refractivity contribution >= 4 is 11.6 Å². The van der Waals surface area contributed by atoms with Crippen LogP contribution in [0.2, 0.25) is 0 Å². The molecule has 0 N–H and O–H groups in total. The fourth-order valence-corrected chi connectivity index (χ4v) is 3.18. The highest BCUT2D eigenvalue weighted by atomic mass is 15.3. The topological polar surface area (TPSA) is 35.5 Å². The molecule has 1 aliphatic rings. The number of nitrogens with zero attached hydrogens (tertiary/aromatic N) is 5. The summed E-state index contributed by atoms with van der Waals surface area (Å²) in [6, 6.07) is 14.9. The molecule has 1 aromatic carbocycles. The third-order valence-electron chi connectivity index (χ3n) is 4.67.